The van der Waals surface area contributed by atoms with Gasteiger partial charge in [-0.1, -0.05) is 6.42 Å². The van der Waals surface area contributed by atoms with Crippen molar-refractivity contribution in [3.05, 3.63) is 28.3 Å². The zero-order valence-electron chi connectivity index (χ0n) is 11.6. The van der Waals surface area contributed by atoms with E-state index in [4.69, 9.17) is 0 Å². The second-order valence-corrected chi connectivity index (χ2v) is 7.11. The Kier molecular flexibility index (Phi) is 6.93. The molecular formula is C12H18N2O5S2. The van der Waals surface area contributed by atoms with E-state index < -0.39 is 26.4 Å². The molecule has 0 saturated carbocycles. The topological polar surface area (TPSA) is 110 Å². The third kappa shape index (κ3) is 5.52. The molecule has 1 aromatic rings. The van der Waals surface area contributed by atoms with Crippen LogP contribution in [0.25, 0.3) is 0 Å². The summed E-state index contributed by atoms with van der Waals surface area (Å²) in [5.74, 6) is 0.479. The van der Waals surface area contributed by atoms with Gasteiger partial charge in [-0.25, -0.2) is 13.1 Å². The molecule has 0 bridgehead atoms. The molecule has 0 radical (unpaired) electrons. The molecule has 0 aliphatic carbocycles. The Bertz CT molecular complexity index is 589. The lowest BCUT2D eigenvalue weighted by atomic mass is 10.2. The van der Waals surface area contributed by atoms with Crippen LogP contribution in [0.4, 0.5) is 5.69 Å². The van der Waals surface area contributed by atoms with Gasteiger partial charge in [0.15, 0.2) is 5.75 Å². The van der Waals surface area contributed by atoms with Crippen molar-refractivity contribution in [3.8, 4) is 5.75 Å². The lowest BCUT2D eigenvalue weighted by Gasteiger charge is -2.07. The molecule has 1 rings (SSSR count). The predicted molar refractivity (Wildman–Crippen MR) is 82.2 cm³/mol. The van der Waals surface area contributed by atoms with Gasteiger partial charge in [0.05, 0.1) is 9.82 Å². The van der Waals surface area contributed by atoms with Gasteiger partial charge in [-0.05, 0) is 37.0 Å². The number of benzene rings is 1. The summed E-state index contributed by atoms with van der Waals surface area (Å²) < 4.78 is 26.4. The van der Waals surface area contributed by atoms with E-state index in [-0.39, 0.29) is 11.4 Å². The summed E-state index contributed by atoms with van der Waals surface area (Å²) >= 11 is 1.74. The molecule has 0 fully saturated rings. The molecule has 0 aliphatic heterocycles. The molecule has 0 saturated heterocycles. The van der Waals surface area contributed by atoms with E-state index in [0.29, 0.717) is 6.42 Å². The second kappa shape index (κ2) is 8.20. The molecule has 0 spiro atoms. The van der Waals surface area contributed by atoms with Crippen molar-refractivity contribution < 1.29 is 18.4 Å². The number of phenolic OH excluding ortho intramolecular Hbond substituents is 1. The normalized spacial score (nSPS) is 11.5. The number of nitro benzene ring substituents is 1. The number of nitrogens with zero attached hydrogens (tertiary/aromatic N) is 1. The Morgan fingerprint density at radius 2 is 2.05 bits per heavy atom. The summed E-state index contributed by atoms with van der Waals surface area (Å²) in [7, 11) is -3.80. The Labute approximate surface area is 128 Å². The van der Waals surface area contributed by atoms with E-state index >= 15 is 0 Å². The maximum Gasteiger partial charge on any atom is 0.312 e. The minimum atomic E-state index is -3.80. The van der Waals surface area contributed by atoms with Gasteiger partial charge in [-0.3, -0.25) is 10.1 Å². The van der Waals surface area contributed by atoms with Crippen molar-refractivity contribution in [2.45, 2.75) is 24.2 Å². The van der Waals surface area contributed by atoms with Crippen molar-refractivity contribution in [3.63, 3.8) is 0 Å². The van der Waals surface area contributed by atoms with Gasteiger partial charge in [0.2, 0.25) is 10.0 Å². The molecule has 7 nitrogen and oxygen atoms in total. The molecule has 9 heteroatoms. The van der Waals surface area contributed by atoms with Crippen molar-refractivity contribution in [2.75, 3.05) is 18.6 Å². The number of unbranched alkanes of at least 4 members (excludes halogenated alkanes) is 2. The van der Waals surface area contributed by atoms with E-state index in [9.17, 15) is 23.6 Å². The fraction of sp³-hybridized carbons (Fsp3) is 0.500. The van der Waals surface area contributed by atoms with Crippen LogP contribution in [-0.2, 0) is 10.0 Å². The quantitative estimate of drug-likeness (QED) is 0.406. The minimum absolute atomic E-state index is 0.226. The number of rotatable bonds is 9. The van der Waals surface area contributed by atoms with Crippen LogP contribution in [-0.4, -0.2) is 37.0 Å². The van der Waals surface area contributed by atoms with Crippen LogP contribution in [0.2, 0.25) is 0 Å². The average Bonchev–Trinajstić information content (AvgIpc) is 2.42. The highest BCUT2D eigenvalue weighted by Crippen LogP contribution is 2.28. The first-order valence-electron chi connectivity index (χ1n) is 6.34. The SMILES string of the molecule is CSCCCCCNS(=O)(=O)c1ccc(O)c([N+](=O)[O-])c1. The maximum atomic E-state index is 12.0. The number of nitrogens with one attached hydrogen (secondary N) is 1. The summed E-state index contributed by atoms with van der Waals surface area (Å²) in [5.41, 5.74) is -0.627. The lowest BCUT2D eigenvalue weighted by Crippen LogP contribution is -2.24. The van der Waals surface area contributed by atoms with Crippen LogP contribution < -0.4 is 4.72 Å². The van der Waals surface area contributed by atoms with Gasteiger partial charge in [-0.2, -0.15) is 11.8 Å². The fourth-order valence-corrected chi connectivity index (χ4v) is 3.24. The van der Waals surface area contributed by atoms with Crippen molar-refractivity contribution in [2.24, 2.45) is 0 Å². The highest BCUT2D eigenvalue weighted by atomic mass is 32.2. The lowest BCUT2D eigenvalue weighted by molar-refractivity contribution is -0.386. The molecule has 0 aliphatic rings. The first kappa shape index (κ1) is 17.7. The van der Waals surface area contributed by atoms with Gasteiger partial charge in [0.25, 0.3) is 0 Å². The molecule has 0 atom stereocenters. The number of nitro groups is 1. The second-order valence-electron chi connectivity index (χ2n) is 4.36. The molecule has 0 aromatic heterocycles. The predicted octanol–water partition coefficient (Wildman–Crippen LogP) is 2.11. The zero-order valence-corrected chi connectivity index (χ0v) is 13.2. The zero-order chi connectivity index (χ0) is 15.9. The van der Waals surface area contributed by atoms with Gasteiger partial charge < -0.3 is 5.11 Å². The number of sulfonamides is 1. The third-order valence-electron chi connectivity index (χ3n) is 2.77. The Morgan fingerprint density at radius 3 is 2.67 bits per heavy atom. The summed E-state index contributed by atoms with van der Waals surface area (Å²) in [6.45, 7) is 0.283. The van der Waals surface area contributed by atoms with E-state index in [1.807, 2.05) is 6.26 Å². The molecular weight excluding hydrogens is 316 g/mol. The molecule has 0 unspecified atom stereocenters. The number of aromatic hydroxyl groups is 1. The summed E-state index contributed by atoms with van der Waals surface area (Å²) in [6, 6.07) is 2.99. The van der Waals surface area contributed by atoms with Gasteiger partial charge >= 0.3 is 5.69 Å². The van der Waals surface area contributed by atoms with Crippen LogP contribution in [0, 0.1) is 10.1 Å². The minimum Gasteiger partial charge on any atom is -0.502 e. The largest absolute Gasteiger partial charge is 0.502 e. The average molecular weight is 334 g/mol. The number of thioether (sulfide) groups is 1. The van der Waals surface area contributed by atoms with Gasteiger partial charge in [-0.15, -0.1) is 0 Å². The molecule has 1 aromatic carbocycles. The van der Waals surface area contributed by atoms with Gasteiger partial charge in [0.1, 0.15) is 0 Å². The first-order valence-corrected chi connectivity index (χ1v) is 9.22. The number of hydrogen-bond acceptors (Lipinski definition) is 6. The van der Waals surface area contributed by atoms with Crippen molar-refractivity contribution in [1.82, 2.24) is 4.72 Å². The van der Waals surface area contributed by atoms with E-state index in [1.165, 1.54) is 0 Å². The van der Waals surface area contributed by atoms with Crippen LogP contribution in [0.3, 0.4) is 0 Å². The van der Waals surface area contributed by atoms with Crippen LogP contribution in [0.5, 0.6) is 5.75 Å². The molecule has 0 heterocycles. The summed E-state index contributed by atoms with van der Waals surface area (Å²) in [6.07, 6.45) is 4.66. The Balaban J connectivity index is 2.66. The van der Waals surface area contributed by atoms with Gasteiger partial charge in [0, 0.05) is 12.6 Å². The summed E-state index contributed by atoms with van der Waals surface area (Å²) in [4.78, 5) is 9.64. The summed E-state index contributed by atoms with van der Waals surface area (Å²) in [5, 5.41) is 20.0. The number of phenols is 1. The monoisotopic (exact) mass is 334 g/mol. The molecule has 2 N–H and O–H groups in total. The van der Waals surface area contributed by atoms with Crippen LogP contribution in [0.1, 0.15) is 19.3 Å². The first-order chi connectivity index (χ1) is 9.88. The third-order valence-corrected chi connectivity index (χ3v) is 4.93. The smallest absolute Gasteiger partial charge is 0.312 e. The van der Waals surface area contributed by atoms with E-state index in [0.717, 1.165) is 36.8 Å². The highest BCUT2D eigenvalue weighted by Gasteiger charge is 2.20. The molecule has 118 valence electrons. The Morgan fingerprint density at radius 1 is 1.33 bits per heavy atom. The van der Waals surface area contributed by atoms with Crippen LogP contribution >= 0.6 is 11.8 Å². The Hall–Kier alpha value is -1.32. The molecule has 21 heavy (non-hydrogen) atoms. The van der Waals surface area contributed by atoms with Crippen molar-refractivity contribution in [1.29, 1.82) is 0 Å². The standard InChI is InChI=1S/C12H18N2O5S2/c1-20-8-4-2-3-7-13-21(18,19)10-5-6-12(15)11(9-10)14(16)17/h5-6,9,13,15H,2-4,7-8H2,1H3. The fourth-order valence-electron chi connectivity index (χ4n) is 1.65. The number of hydrogen-bond donors (Lipinski definition) is 2. The van der Waals surface area contributed by atoms with E-state index in [2.05, 4.69) is 4.72 Å². The van der Waals surface area contributed by atoms with Crippen LogP contribution in [0.15, 0.2) is 23.1 Å². The molecule has 0 amide bonds. The van der Waals surface area contributed by atoms with Crippen molar-refractivity contribution >= 4 is 27.5 Å². The van der Waals surface area contributed by atoms with E-state index in [1.54, 1.807) is 11.8 Å². The highest BCUT2D eigenvalue weighted by molar-refractivity contribution is 7.98. The maximum absolute atomic E-state index is 12.0.